The molecule has 0 unspecified atom stereocenters. The summed E-state index contributed by atoms with van der Waals surface area (Å²) in [6.45, 7) is 3.80. The summed E-state index contributed by atoms with van der Waals surface area (Å²) in [4.78, 5) is 0. The van der Waals surface area contributed by atoms with Gasteiger partial charge in [-0.25, -0.2) is 12.2 Å². The Kier molecular flexibility index (Phi) is 16.0. The molecule has 0 aromatic rings. The quantitative estimate of drug-likeness (QED) is 0.515. The van der Waals surface area contributed by atoms with E-state index in [0.29, 0.717) is 0 Å². The second-order valence-corrected chi connectivity index (χ2v) is 1.93. The molecule has 0 aromatic heterocycles. The van der Waals surface area contributed by atoms with Crippen molar-refractivity contribution in [1.29, 1.82) is 0 Å². The van der Waals surface area contributed by atoms with E-state index in [0.717, 1.165) is 19.3 Å². The summed E-state index contributed by atoms with van der Waals surface area (Å²) < 4.78 is 0. The average molecular weight is 186 g/mol. The first-order valence-corrected chi connectivity index (χ1v) is 3.53. The minimum atomic E-state index is 0. The Bertz CT molecular complexity index is 96.1. The summed E-state index contributed by atoms with van der Waals surface area (Å²) in [5.41, 5.74) is 0. The van der Waals surface area contributed by atoms with E-state index in [1.54, 1.807) is 0 Å². The van der Waals surface area contributed by atoms with Gasteiger partial charge in [0, 0.05) is 6.61 Å². The standard InChI is InChI=1S/C5H5.C4H9O.Ti/c1-2-4-5-3-1;1-2-3-4-5;/h1-3H,4H2;5H,1-4H2;/q2*-1;+2. The van der Waals surface area contributed by atoms with E-state index in [4.69, 9.17) is 5.11 Å². The van der Waals surface area contributed by atoms with Gasteiger partial charge in [0.05, 0.1) is 0 Å². The molecule has 1 nitrogen and oxygen atoms in total. The molecule has 0 aromatic carbocycles. The minimum Gasteiger partial charge on any atom is -0.396 e. The van der Waals surface area contributed by atoms with Gasteiger partial charge < -0.3 is 12.0 Å². The molecule has 0 spiro atoms. The summed E-state index contributed by atoms with van der Waals surface area (Å²) in [6, 6.07) is 0. The third kappa shape index (κ3) is 13.2. The molecule has 1 rings (SSSR count). The average Bonchev–Trinajstić information content (AvgIpc) is 2.44. The second-order valence-electron chi connectivity index (χ2n) is 1.93. The van der Waals surface area contributed by atoms with Crippen LogP contribution in [-0.2, 0) is 21.7 Å². The van der Waals surface area contributed by atoms with Crippen LogP contribution in [-0.4, -0.2) is 11.7 Å². The smallest absolute Gasteiger partial charge is 0.396 e. The van der Waals surface area contributed by atoms with Crippen molar-refractivity contribution in [1.82, 2.24) is 0 Å². The van der Waals surface area contributed by atoms with E-state index in [2.05, 4.69) is 19.1 Å². The van der Waals surface area contributed by atoms with Crippen molar-refractivity contribution in [3.63, 3.8) is 0 Å². The Hall–Kier alpha value is 0.154. The van der Waals surface area contributed by atoms with Crippen molar-refractivity contribution >= 4 is 0 Å². The second kappa shape index (κ2) is 12.8. The van der Waals surface area contributed by atoms with E-state index in [-0.39, 0.29) is 28.3 Å². The molecule has 0 heterocycles. The summed E-state index contributed by atoms with van der Waals surface area (Å²) in [5.74, 6) is 0. The third-order valence-corrected chi connectivity index (χ3v) is 0.994. The fourth-order valence-electron chi connectivity index (χ4n) is 0.452. The molecule has 60 valence electrons. The SMILES string of the molecule is [C-]1=CC=CC1.[CH2-]CCCO.[Ti+2]. The van der Waals surface area contributed by atoms with Gasteiger partial charge in [0.15, 0.2) is 0 Å². The maximum Gasteiger partial charge on any atom is 2.00 e. The zero-order valence-electron chi connectivity index (χ0n) is 6.71. The largest absolute Gasteiger partial charge is 2.00 e. The molecule has 11 heavy (non-hydrogen) atoms. The zero-order valence-corrected chi connectivity index (χ0v) is 8.28. The summed E-state index contributed by atoms with van der Waals surface area (Å²) in [5, 5.41) is 8.03. The van der Waals surface area contributed by atoms with E-state index in [9.17, 15) is 0 Å². The van der Waals surface area contributed by atoms with Gasteiger partial charge in [0.2, 0.25) is 0 Å². The van der Waals surface area contributed by atoms with Crippen LogP contribution in [0.15, 0.2) is 18.2 Å². The molecule has 0 amide bonds. The van der Waals surface area contributed by atoms with E-state index in [1.807, 2.05) is 12.2 Å². The van der Waals surface area contributed by atoms with Crippen molar-refractivity contribution in [2.45, 2.75) is 19.3 Å². The van der Waals surface area contributed by atoms with Gasteiger partial charge in [0.25, 0.3) is 0 Å². The predicted octanol–water partition coefficient (Wildman–Crippen LogP) is 1.90. The fraction of sp³-hybridized carbons (Fsp3) is 0.444. The van der Waals surface area contributed by atoms with Crippen molar-refractivity contribution in [2.75, 3.05) is 6.61 Å². The topological polar surface area (TPSA) is 20.2 Å². The van der Waals surface area contributed by atoms with Crippen LogP contribution in [0.25, 0.3) is 0 Å². The van der Waals surface area contributed by atoms with Crippen molar-refractivity contribution in [3.05, 3.63) is 31.2 Å². The van der Waals surface area contributed by atoms with Crippen molar-refractivity contribution < 1.29 is 26.8 Å². The Morgan fingerprint density at radius 2 is 2.27 bits per heavy atom. The van der Waals surface area contributed by atoms with Crippen LogP contribution in [0.3, 0.4) is 0 Å². The van der Waals surface area contributed by atoms with Crippen LogP contribution in [0.5, 0.6) is 0 Å². The molecule has 0 atom stereocenters. The molecule has 0 radical (unpaired) electrons. The molecule has 2 heteroatoms. The number of hydrogen-bond acceptors (Lipinski definition) is 1. The maximum atomic E-state index is 8.03. The number of allylic oxidation sites excluding steroid dienone is 4. The molecule has 1 aliphatic rings. The van der Waals surface area contributed by atoms with Crippen molar-refractivity contribution in [2.24, 2.45) is 0 Å². The van der Waals surface area contributed by atoms with Crippen LogP contribution >= 0.6 is 0 Å². The van der Waals surface area contributed by atoms with E-state index >= 15 is 0 Å². The van der Waals surface area contributed by atoms with Crippen LogP contribution in [0, 0.1) is 13.0 Å². The number of hydrogen-bond donors (Lipinski definition) is 1. The predicted molar refractivity (Wildman–Crippen MR) is 43.2 cm³/mol. The molecule has 0 fully saturated rings. The van der Waals surface area contributed by atoms with Gasteiger partial charge in [-0.1, -0.05) is 6.42 Å². The van der Waals surface area contributed by atoms with Gasteiger partial charge in [-0.3, -0.25) is 6.08 Å². The number of unbranched alkanes of at least 4 members (excludes halogenated alkanes) is 1. The zero-order chi connectivity index (χ0) is 7.66. The van der Waals surface area contributed by atoms with Crippen LogP contribution in [0.2, 0.25) is 0 Å². The number of aliphatic hydroxyl groups is 1. The van der Waals surface area contributed by atoms with Gasteiger partial charge in [-0.2, -0.15) is 12.5 Å². The molecule has 0 aliphatic heterocycles. The Morgan fingerprint density at radius 1 is 1.55 bits per heavy atom. The molecular formula is C9H14OTi. The van der Waals surface area contributed by atoms with Gasteiger partial charge in [-0.05, 0) is 0 Å². The van der Waals surface area contributed by atoms with Crippen LogP contribution in [0.1, 0.15) is 19.3 Å². The van der Waals surface area contributed by atoms with Gasteiger partial charge in [-0.15, -0.1) is 6.42 Å². The van der Waals surface area contributed by atoms with Crippen molar-refractivity contribution in [3.8, 4) is 0 Å². The molecule has 0 bridgehead atoms. The number of aliphatic hydroxyl groups excluding tert-OH is 1. The summed E-state index contributed by atoms with van der Waals surface area (Å²) in [6.07, 6.45) is 11.7. The summed E-state index contributed by atoms with van der Waals surface area (Å²) in [7, 11) is 0. The fourth-order valence-corrected chi connectivity index (χ4v) is 0.452. The maximum absolute atomic E-state index is 8.03. The molecular weight excluding hydrogens is 172 g/mol. The van der Waals surface area contributed by atoms with E-state index in [1.165, 1.54) is 0 Å². The first kappa shape index (κ1) is 13.7. The molecule has 1 N–H and O–H groups in total. The Balaban J connectivity index is 0. The minimum absolute atomic E-state index is 0. The third-order valence-electron chi connectivity index (χ3n) is 0.994. The van der Waals surface area contributed by atoms with Gasteiger partial charge >= 0.3 is 21.7 Å². The Labute approximate surface area is 84.1 Å². The molecule has 0 saturated heterocycles. The number of rotatable bonds is 2. The summed E-state index contributed by atoms with van der Waals surface area (Å²) >= 11 is 0. The van der Waals surface area contributed by atoms with Crippen LogP contribution < -0.4 is 0 Å². The monoisotopic (exact) mass is 186 g/mol. The van der Waals surface area contributed by atoms with Gasteiger partial charge in [0.1, 0.15) is 0 Å². The normalized spacial score (nSPS) is 11.8. The van der Waals surface area contributed by atoms with Crippen LogP contribution in [0.4, 0.5) is 0 Å². The molecule has 0 saturated carbocycles. The molecule has 1 aliphatic carbocycles. The van der Waals surface area contributed by atoms with E-state index < -0.39 is 0 Å². The first-order chi connectivity index (χ1) is 4.91. The Morgan fingerprint density at radius 3 is 2.36 bits per heavy atom. The first-order valence-electron chi connectivity index (χ1n) is 3.53.